The number of nitrogens with one attached hydrogen (secondary N) is 1. The Morgan fingerprint density at radius 2 is 1.71 bits per heavy atom. The van der Waals surface area contributed by atoms with Gasteiger partial charge >= 0.3 is 0 Å². The highest BCUT2D eigenvalue weighted by atomic mass is 16.5. The first-order valence-corrected chi connectivity index (χ1v) is 13.2. The van der Waals surface area contributed by atoms with Crippen LogP contribution in [0, 0.1) is 11.3 Å². The lowest BCUT2D eigenvalue weighted by Crippen LogP contribution is -2.49. The highest BCUT2D eigenvalue weighted by Crippen LogP contribution is 2.59. The van der Waals surface area contributed by atoms with E-state index in [1.54, 1.807) is 7.11 Å². The smallest absolute Gasteiger partial charge is 0.233 e. The maximum absolute atomic E-state index is 13.8. The number of amides is 2. The van der Waals surface area contributed by atoms with Crippen molar-refractivity contribution >= 4 is 11.8 Å². The maximum Gasteiger partial charge on any atom is 0.233 e. The number of hydrogen-bond donors (Lipinski definition) is 1. The Morgan fingerprint density at radius 3 is 2.37 bits per heavy atom. The SMILES string of the molecule is COc1ccc(C2(C(=O)N3CCC4(CC3)CC4C(=O)NCCCc3ccncc3)CCCC2)cc1. The van der Waals surface area contributed by atoms with Crippen LogP contribution in [0.2, 0.25) is 0 Å². The lowest BCUT2D eigenvalue weighted by atomic mass is 9.76. The van der Waals surface area contributed by atoms with E-state index in [1.165, 1.54) is 5.56 Å². The second kappa shape index (κ2) is 10.00. The number of benzene rings is 1. The molecule has 186 valence electrons. The summed E-state index contributed by atoms with van der Waals surface area (Å²) in [6.07, 6.45) is 12.4. The third-order valence-corrected chi connectivity index (χ3v) is 8.75. The lowest BCUT2D eigenvalue weighted by Gasteiger charge is -2.39. The zero-order valence-corrected chi connectivity index (χ0v) is 20.8. The van der Waals surface area contributed by atoms with Gasteiger partial charge in [-0.05, 0) is 85.8 Å². The molecule has 2 amide bonds. The highest BCUT2D eigenvalue weighted by molar-refractivity contribution is 5.89. The van der Waals surface area contributed by atoms with Crippen molar-refractivity contribution in [2.75, 3.05) is 26.7 Å². The van der Waals surface area contributed by atoms with Crippen LogP contribution in [0.5, 0.6) is 5.75 Å². The Bertz CT molecular complexity index is 1020. The predicted molar refractivity (Wildman–Crippen MR) is 135 cm³/mol. The Morgan fingerprint density at radius 1 is 1.03 bits per heavy atom. The van der Waals surface area contributed by atoms with Crippen molar-refractivity contribution in [2.24, 2.45) is 11.3 Å². The molecule has 2 heterocycles. The van der Waals surface area contributed by atoms with Gasteiger partial charge in [0.1, 0.15) is 5.75 Å². The molecule has 2 aromatic rings. The van der Waals surface area contributed by atoms with Crippen LogP contribution in [-0.4, -0.2) is 48.4 Å². The van der Waals surface area contributed by atoms with Crippen molar-refractivity contribution in [1.82, 2.24) is 15.2 Å². The summed E-state index contributed by atoms with van der Waals surface area (Å²) in [5, 5.41) is 3.16. The number of carbonyl (C=O) groups excluding carboxylic acids is 2. The van der Waals surface area contributed by atoms with E-state index in [0.717, 1.165) is 82.2 Å². The number of carbonyl (C=O) groups is 2. The van der Waals surface area contributed by atoms with Crippen LogP contribution in [0.15, 0.2) is 48.8 Å². The van der Waals surface area contributed by atoms with Crippen LogP contribution in [0.3, 0.4) is 0 Å². The first kappa shape index (κ1) is 23.8. The summed E-state index contributed by atoms with van der Waals surface area (Å²) in [4.78, 5) is 32.8. The van der Waals surface area contributed by atoms with Crippen molar-refractivity contribution in [3.8, 4) is 5.75 Å². The van der Waals surface area contributed by atoms with Gasteiger partial charge in [0, 0.05) is 37.9 Å². The molecule has 6 nitrogen and oxygen atoms in total. The Labute approximate surface area is 208 Å². The van der Waals surface area contributed by atoms with Crippen LogP contribution < -0.4 is 10.1 Å². The van der Waals surface area contributed by atoms with Crippen molar-refractivity contribution in [1.29, 1.82) is 0 Å². The summed E-state index contributed by atoms with van der Waals surface area (Å²) in [5.41, 5.74) is 2.08. The van der Waals surface area contributed by atoms with E-state index in [1.807, 2.05) is 36.7 Å². The molecule has 6 heteroatoms. The largest absolute Gasteiger partial charge is 0.497 e. The van der Waals surface area contributed by atoms with Crippen molar-refractivity contribution in [3.63, 3.8) is 0 Å². The van der Waals surface area contributed by atoms with Crippen LogP contribution in [0.1, 0.15) is 62.5 Å². The van der Waals surface area contributed by atoms with E-state index < -0.39 is 5.41 Å². The van der Waals surface area contributed by atoms with E-state index >= 15 is 0 Å². The summed E-state index contributed by atoms with van der Waals surface area (Å²) in [6.45, 7) is 2.24. The van der Waals surface area contributed by atoms with Gasteiger partial charge in [0.25, 0.3) is 0 Å². The van der Waals surface area contributed by atoms with E-state index in [-0.39, 0.29) is 23.1 Å². The van der Waals surface area contributed by atoms with Gasteiger partial charge in [0.15, 0.2) is 0 Å². The molecule has 1 aromatic carbocycles. The molecule has 5 rings (SSSR count). The van der Waals surface area contributed by atoms with Crippen LogP contribution in [0.4, 0.5) is 0 Å². The maximum atomic E-state index is 13.8. The van der Waals surface area contributed by atoms with Gasteiger partial charge in [0.2, 0.25) is 11.8 Å². The molecule has 1 aliphatic heterocycles. The van der Waals surface area contributed by atoms with Gasteiger partial charge in [-0.3, -0.25) is 14.6 Å². The van der Waals surface area contributed by atoms with Gasteiger partial charge in [-0.25, -0.2) is 0 Å². The minimum atomic E-state index is -0.397. The molecule has 1 spiro atoms. The molecule has 1 aromatic heterocycles. The molecular formula is C29H37N3O3. The third kappa shape index (κ3) is 4.80. The number of aryl methyl sites for hydroxylation is 1. The number of hydrogen-bond acceptors (Lipinski definition) is 4. The van der Waals surface area contributed by atoms with Gasteiger partial charge in [0.05, 0.1) is 12.5 Å². The fourth-order valence-corrected chi connectivity index (χ4v) is 6.42. The van der Waals surface area contributed by atoms with Crippen molar-refractivity contribution in [3.05, 3.63) is 59.9 Å². The van der Waals surface area contributed by atoms with Gasteiger partial charge < -0.3 is 15.0 Å². The normalized spacial score (nSPS) is 22.1. The van der Waals surface area contributed by atoms with Crippen LogP contribution in [-0.2, 0) is 21.4 Å². The average molecular weight is 476 g/mol. The molecule has 0 radical (unpaired) electrons. The fraction of sp³-hybridized carbons (Fsp3) is 0.552. The monoisotopic (exact) mass is 475 g/mol. The first-order chi connectivity index (χ1) is 17.1. The zero-order chi connectivity index (χ0) is 24.3. The number of ether oxygens (including phenoxy) is 1. The van der Waals surface area contributed by atoms with Gasteiger partial charge in [-0.1, -0.05) is 25.0 Å². The summed E-state index contributed by atoms with van der Waals surface area (Å²) in [6, 6.07) is 12.1. The zero-order valence-electron chi connectivity index (χ0n) is 20.8. The molecule has 1 atom stereocenters. The standard InChI is InChI=1S/C29H37N3O3/c1-35-24-8-6-23(7-9-24)29(12-2-3-13-29)27(34)32-19-14-28(15-20-32)21-25(28)26(33)31-16-4-5-22-10-17-30-18-11-22/h6-11,17-18,25H,2-5,12-16,19-21H2,1H3,(H,31,33). The Kier molecular flexibility index (Phi) is 6.81. The second-order valence-corrected chi connectivity index (χ2v) is 10.7. The quantitative estimate of drug-likeness (QED) is 0.579. The number of rotatable bonds is 8. The molecule has 3 fully saturated rings. The number of methoxy groups -OCH3 is 1. The average Bonchev–Trinajstić information content (AvgIpc) is 3.37. The molecule has 0 bridgehead atoms. The van der Waals surface area contributed by atoms with E-state index in [0.29, 0.717) is 6.54 Å². The molecule has 3 aliphatic rings. The number of piperidine rings is 1. The summed E-state index contributed by atoms with van der Waals surface area (Å²) in [5.74, 6) is 1.42. The van der Waals surface area contributed by atoms with E-state index in [4.69, 9.17) is 4.74 Å². The lowest BCUT2D eigenvalue weighted by molar-refractivity contribution is -0.139. The summed E-state index contributed by atoms with van der Waals surface area (Å²) >= 11 is 0. The number of aromatic nitrogens is 1. The topological polar surface area (TPSA) is 71.5 Å². The minimum Gasteiger partial charge on any atom is -0.497 e. The van der Waals surface area contributed by atoms with E-state index in [2.05, 4.69) is 27.3 Å². The molecule has 2 aliphatic carbocycles. The molecule has 35 heavy (non-hydrogen) atoms. The van der Waals surface area contributed by atoms with Gasteiger partial charge in [-0.2, -0.15) is 0 Å². The Hall–Kier alpha value is -2.89. The molecular weight excluding hydrogens is 438 g/mol. The molecule has 2 saturated carbocycles. The second-order valence-electron chi connectivity index (χ2n) is 10.7. The molecule has 1 N–H and O–H groups in total. The minimum absolute atomic E-state index is 0.106. The van der Waals surface area contributed by atoms with Crippen LogP contribution in [0.25, 0.3) is 0 Å². The molecule has 1 unspecified atom stereocenters. The van der Waals surface area contributed by atoms with Gasteiger partial charge in [-0.15, -0.1) is 0 Å². The van der Waals surface area contributed by atoms with Crippen LogP contribution >= 0.6 is 0 Å². The number of pyridine rings is 1. The molecule has 1 saturated heterocycles. The third-order valence-electron chi connectivity index (χ3n) is 8.75. The first-order valence-electron chi connectivity index (χ1n) is 13.2. The number of nitrogens with zero attached hydrogens (tertiary/aromatic N) is 2. The van der Waals surface area contributed by atoms with Crippen molar-refractivity contribution in [2.45, 2.75) is 63.2 Å². The number of likely N-dealkylation sites (tertiary alicyclic amines) is 1. The predicted octanol–water partition coefficient (Wildman–Crippen LogP) is 4.28. The fourth-order valence-electron chi connectivity index (χ4n) is 6.42. The van der Waals surface area contributed by atoms with E-state index in [9.17, 15) is 9.59 Å². The summed E-state index contributed by atoms with van der Waals surface area (Å²) in [7, 11) is 1.67. The Balaban J connectivity index is 1.13. The highest BCUT2D eigenvalue weighted by Gasteiger charge is 2.59. The van der Waals surface area contributed by atoms with Crippen molar-refractivity contribution < 1.29 is 14.3 Å². The summed E-state index contributed by atoms with van der Waals surface area (Å²) < 4.78 is 5.32.